The maximum atomic E-state index is 11.1. The van der Waals surface area contributed by atoms with E-state index in [1.807, 2.05) is 0 Å². The highest BCUT2D eigenvalue weighted by Crippen LogP contribution is 2.29. The van der Waals surface area contributed by atoms with E-state index in [1.165, 1.54) is 12.8 Å². The number of amides is 1. The number of likely N-dealkylation sites (tertiary alicyclic amines) is 1. The van der Waals surface area contributed by atoms with E-state index in [1.54, 1.807) is 0 Å². The van der Waals surface area contributed by atoms with Crippen LogP contribution in [-0.4, -0.2) is 41.3 Å². The first-order chi connectivity index (χ1) is 6.29. The average Bonchev–Trinajstić information content (AvgIpc) is 2.88. The van der Waals surface area contributed by atoms with Crippen molar-refractivity contribution in [2.45, 2.75) is 31.3 Å². The second kappa shape index (κ2) is 3.96. The molecule has 4 heteroatoms. The molecule has 0 bridgehead atoms. The molecule has 0 aromatic carbocycles. The van der Waals surface area contributed by atoms with E-state index in [2.05, 4.69) is 26.1 Å². The quantitative estimate of drug-likeness (QED) is 0.746. The number of rotatable bonds is 3. The fourth-order valence-corrected chi connectivity index (χ4v) is 2.10. The number of nitrogens with one attached hydrogen (secondary N) is 1. The number of hydrogen-bond acceptors (Lipinski definition) is 2. The molecule has 0 aromatic heterocycles. The molecule has 2 fully saturated rings. The summed E-state index contributed by atoms with van der Waals surface area (Å²) in [5.74, 6) is 0.114. The van der Waals surface area contributed by atoms with E-state index in [0.717, 1.165) is 25.6 Å². The maximum Gasteiger partial charge on any atom is 0.230 e. The highest BCUT2D eigenvalue weighted by molar-refractivity contribution is 9.09. The van der Waals surface area contributed by atoms with Crippen LogP contribution in [0.4, 0.5) is 0 Å². The van der Waals surface area contributed by atoms with Gasteiger partial charge in [-0.1, -0.05) is 15.9 Å². The van der Waals surface area contributed by atoms with Crippen LogP contribution in [0.15, 0.2) is 0 Å². The summed E-state index contributed by atoms with van der Waals surface area (Å²) in [6.07, 6.45) is 3.84. The molecule has 0 spiro atoms. The van der Waals surface area contributed by atoms with Crippen LogP contribution in [0.3, 0.4) is 0 Å². The lowest BCUT2D eigenvalue weighted by atomic mass is 10.3. The predicted octanol–water partition coefficient (Wildman–Crippen LogP) is 0.734. The van der Waals surface area contributed by atoms with Crippen molar-refractivity contribution in [3.05, 3.63) is 0 Å². The number of hydrogen-bond donors (Lipinski definition) is 1. The van der Waals surface area contributed by atoms with Gasteiger partial charge in [0.05, 0.1) is 5.33 Å². The fraction of sp³-hybridized carbons (Fsp3) is 0.889. The van der Waals surface area contributed by atoms with Crippen LogP contribution < -0.4 is 5.32 Å². The lowest BCUT2D eigenvalue weighted by Gasteiger charge is -2.15. The molecule has 2 rings (SSSR count). The van der Waals surface area contributed by atoms with Crippen LogP contribution >= 0.6 is 15.9 Å². The number of carbonyl (C=O) groups is 1. The molecule has 1 aliphatic heterocycles. The van der Waals surface area contributed by atoms with Crippen molar-refractivity contribution < 1.29 is 4.79 Å². The van der Waals surface area contributed by atoms with Gasteiger partial charge in [-0.05, 0) is 19.3 Å². The van der Waals surface area contributed by atoms with E-state index >= 15 is 0 Å². The van der Waals surface area contributed by atoms with Gasteiger partial charge in [-0.25, -0.2) is 0 Å². The molecule has 1 heterocycles. The Morgan fingerprint density at radius 3 is 2.85 bits per heavy atom. The molecule has 13 heavy (non-hydrogen) atoms. The first-order valence-electron chi connectivity index (χ1n) is 4.89. The van der Waals surface area contributed by atoms with Gasteiger partial charge in [0, 0.05) is 25.2 Å². The molecule has 2 aliphatic rings. The Morgan fingerprint density at radius 2 is 2.23 bits per heavy atom. The summed E-state index contributed by atoms with van der Waals surface area (Å²) in [5.41, 5.74) is 0. The van der Waals surface area contributed by atoms with Gasteiger partial charge in [-0.15, -0.1) is 0 Å². The van der Waals surface area contributed by atoms with Gasteiger partial charge >= 0.3 is 0 Å². The zero-order valence-corrected chi connectivity index (χ0v) is 9.22. The highest BCUT2D eigenvalue weighted by atomic mass is 79.9. The summed E-state index contributed by atoms with van der Waals surface area (Å²) in [4.78, 5) is 13.6. The van der Waals surface area contributed by atoms with Crippen molar-refractivity contribution >= 4 is 21.8 Å². The average molecular weight is 247 g/mol. The van der Waals surface area contributed by atoms with Crippen molar-refractivity contribution in [2.24, 2.45) is 0 Å². The SMILES string of the molecule is O=C(CBr)NC1CCN(C2CC2)C1. The van der Waals surface area contributed by atoms with E-state index in [9.17, 15) is 4.79 Å². The number of nitrogens with zero attached hydrogens (tertiary/aromatic N) is 1. The monoisotopic (exact) mass is 246 g/mol. The van der Waals surface area contributed by atoms with Crippen LogP contribution in [-0.2, 0) is 4.79 Å². The zero-order chi connectivity index (χ0) is 9.26. The van der Waals surface area contributed by atoms with Crippen molar-refractivity contribution in [3.8, 4) is 0 Å². The lowest BCUT2D eigenvalue weighted by molar-refractivity contribution is -0.119. The molecular formula is C9H15BrN2O. The smallest absolute Gasteiger partial charge is 0.230 e. The zero-order valence-electron chi connectivity index (χ0n) is 7.63. The van der Waals surface area contributed by atoms with Crippen molar-refractivity contribution in [1.82, 2.24) is 10.2 Å². The second-order valence-corrected chi connectivity index (χ2v) is 4.47. The van der Waals surface area contributed by atoms with Crippen LogP contribution in [0.1, 0.15) is 19.3 Å². The van der Waals surface area contributed by atoms with Crippen molar-refractivity contribution in [1.29, 1.82) is 0 Å². The van der Waals surface area contributed by atoms with Crippen molar-refractivity contribution in [3.63, 3.8) is 0 Å². The molecular weight excluding hydrogens is 232 g/mol. The third kappa shape index (κ3) is 2.44. The summed E-state index contributed by atoms with van der Waals surface area (Å²) in [6, 6.07) is 1.23. The number of alkyl halides is 1. The Balaban J connectivity index is 1.74. The molecule has 1 aliphatic carbocycles. The van der Waals surface area contributed by atoms with Gasteiger partial charge in [0.1, 0.15) is 0 Å². The molecule has 0 aromatic rings. The maximum absolute atomic E-state index is 11.1. The minimum atomic E-state index is 0.114. The highest BCUT2D eigenvalue weighted by Gasteiger charge is 2.34. The molecule has 1 saturated carbocycles. The topological polar surface area (TPSA) is 32.3 Å². The van der Waals surface area contributed by atoms with Crippen molar-refractivity contribution in [2.75, 3.05) is 18.4 Å². The largest absolute Gasteiger partial charge is 0.351 e. The van der Waals surface area contributed by atoms with Crippen LogP contribution in [0.5, 0.6) is 0 Å². The number of carbonyl (C=O) groups excluding carboxylic acids is 1. The van der Waals surface area contributed by atoms with Crippen LogP contribution in [0.25, 0.3) is 0 Å². The van der Waals surface area contributed by atoms with E-state index < -0.39 is 0 Å². The second-order valence-electron chi connectivity index (χ2n) is 3.91. The van der Waals surface area contributed by atoms with E-state index in [0.29, 0.717) is 11.4 Å². The molecule has 3 nitrogen and oxygen atoms in total. The van der Waals surface area contributed by atoms with Crippen LogP contribution in [0.2, 0.25) is 0 Å². The number of halogens is 1. The Morgan fingerprint density at radius 1 is 1.46 bits per heavy atom. The first-order valence-corrected chi connectivity index (χ1v) is 6.01. The molecule has 1 atom stereocenters. The Bertz CT molecular complexity index is 206. The third-order valence-corrected chi connectivity index (χ3v) is 3.28. The molecule has 74 valence electrons. The Labute approximate surface area is 87.0 Å². The summed E-state index contributed by atoms with van der Waals surface area (Å²) in [5, 5.41) is 3.44. The van der Waals surface area contributed by atoms with Gasteiger partial charge < -0.3 is 5.32 Å². The molecule has 1 unspecified atom stereocenters. The normalized spacial score (nSPS) is 29.2. The minimum absolute atomic E-state index is 0.114. The Hall–Kier alpha value is -0.0900. The third-order valence-electron chi connectivity index (χ3n) is 2.77. The summed E-state index contributed by atoms with van der Waals surface area (Å²) >= 11 is 3.15. The van der Waals surface area contributed by atoms with Gasteiger partial charge in [0.15, 0.2) is 0 Å². The summed E-state index contributed by atoms with van der Waals surface area (Å²) in [6.45, 7) is 2.22. The summed E-state index contributed by atoms with van der Waals surface area (Å²) in [7, 11) is 0. The van der Waals surface area contributed by atoms with E-state index in [-0.39, 0.29) is 5.91 Å². The lowest BCUT2D eigenvalue weighted by Crippen LogP contribution is -2.38. The van der Waals surface area contributed by atoms with Gasteiger partial charge in [-0.3, -0.25) is 9.69 Å². The fourth-order valence-electron chi connectivity index (χ4n) is 1.94. The van der Waals surface area contributed by atoms with Gasteiger partial charge in [0.25, 0.3) is 0 Å². The first kappa shape index (κ1) is 9.46. The molecule has 1 amide bonds. The Kier molecular flexibility index (Phi) is 2.89. The van der Waals surface area contributed by atoms with Crippen LogP contribution in [0, 0.1) is 0 Å². The minimum Gasteiger partial charge on any atom is -0.351 e. The molecule has 1 N–H and O–H groups in total. The van der Waals surface area contributed by atoms with E-state index in [4.69, 9.17) is 0 Å². The molecule has 0 radical (unpaired) electrons. The van der Waals surface area contributed by atoms with Gasteiger partial charge in [0.2, 0.25) is 5.91 Å². The summed E-state index contributed by atoms with van der Waals surface area (Å²) < 4.78 is 0. The molecule has 1 saturated heterocycles. The standard InChI is InChI=1S/C9H15BrN2O/c10-5-9(13)11-7-3-4-12(6-7)8-1-2-8/h7-8H,1-6H2,(H,11,13). The predicted molar refractivity (Wildman–Crippen MR) is 54.9 cm³/mol. The van der Waals surface area contributed by atoms with Gasteiger partial charge in [-0.2, -0.15) is 0 Å².